The molecule has 33 heavy (non-hydrogen) atoms. The van der Waals surface area contributed by atoms with E-state index in [1.165, 1.54) is 24.3 Å². The zero-order chi connectivity index (χ0) is 22.9. The molecule has 0 aromatic heterocycles. The molecule has 0 aliphatic carbocycles. The molecule has 4 aromatic carbocycles. The summed E-state index contributed by atoms with van der Waals surface area (Å²) in [7, 11) is -8.03. The maximum absolute atomic E-state index is 11.8. The smallest absolute Gasteiger partial charge is 0.765 e. The number of benzene rings is 4. The van der Waals surface area contributed by atoms with Gasteiger partial charge in [-0.3, -0.25) is 9.13 Å². The maximum atomic E-state index is 11.8. The molecule has 0 saturated heterocycles. The van der Waals surface area contributed by atoms with E-state index in [0.29, 0.717) is 11.5 Å². The summed E-state index contributed by atoms with van der Waals surface area (Å²) in [5, 5.41) is 0.359. The summed E-state index contributed by atoms with van der Waals surface area (Å²) in [5.41, 5.74) is 0. The molecule has 0 fully saturated rings. The molecule has 2 atom stereocenters. The van der Waals surface area contributed by atoms with E-state index >= 15 is 0 Å². The Labute approximate surface area is 203 Å². The van der Waals surface area contributed by atoms with Crippen molar-refractivity contribution in [1.82, 2.24) is 0 Å². The van der Waals surface area contributed by atoms with Crippen molar-refractivity contribution in [1.29, 1.82) is 0 Å². The van der Waals surface area contributed by atoms with Gasteiger partial charge in [-0.15, -0.1) is 0 Å². The van der Waals surface area contributed by atoms with Crippen molar-refractivity contribution in [2.75, 3.05) is 0 Å². The fraction of sp³-hybridized carbons (Fsp3) is 0. The molecule has 9 heteroatoms. The second-order valence-corrected chi connectivity index (χ2v) is 9.86. The molecule has 0 saturated carbocycles. The number of para-hydroxylation sites is 2. The fourth-order valence-electron chi connectivity index (χ4n) is 2.57. The second-order valence-electron chi connectivity index (χ2n) is 6.47. The van der Waals surface area contributed by atoms with Crippen LogP contribution in [-0.4, -0.2) is 0 Å². The van der Waals surface area contributed by atoms with E-state index in [2.05, 4.69) is 0 Å². The molecule has 0 amide bonds. The zero-order valence-corrected chi connectivity index (χ0v) is 20.4. The summed E-state index contributed by atoms with van der Waals surface area (Å²) >= 11 is 0. The third-order valence-electron chi connectivity index (χ3n) is 4.08. The van der Waals surface area contributed by atoms with Crippen LogP contribution in [0.3, 0.4) is 0 Å². The van der Waals surface area contributed by atoms with Gasteiger partial charge in [-0.05, 0) is 48.5 Å². The first-order valence-corrected chi connectivity index (χ1v) is 12.7. The van der Waals surface area contributed by atoms with Gasteiger partial charge in [-0.25, -0.2) is 0 Å². The van der Waals surface area contributed by atoms with Crippen LogP contribution in [0.15, 0.2) is 121 Å². The molecule has 0 radical (unpaired) electrons. The minimum absolute atomic E-state index is 0. The number of hydrogen-bond acceptors (Lipinski definition) is 6. The van der Waals surface area contributed by atoms with Gasteiger partial charge in [0.05, 0.1) is 0 Å². The predicted octanol–water partition coefficient (Wildman–Crippen LogP) is 3.89. The average Bonchev–Trinajstić information content (AvgIpc) is 2.81. The van der Waals surface area contributed by atoms with Crippen LogP contribution in [0.1, 0.15) is 0 Å². The van der Waals surface area contributed by atoms with Crippen molar-refractivity contribution in [3.05, 3.63) is 121 Å². The maximum Gasteiger partial charge on any atom is 2.00 e. The van der Waals surface area contributed by atoms with Gasteiger partial charge in [0.1, 0.15) is 11.5 Å². The topological polar surface area (TPSA) is 98.7 Å². The van der Waals surface area contributed by atoms with Crippen molar-refractivity contribution in [2.24, 2.45) is 0 Å². The van der Waals surface area contributed by atoms with E-state index in [0.717, 1.165) is 0 Å². The van der Waals surface area contributed by atoms with E-state index in [1.807, 2.05) is 0 Å². The quantitative estimate of drug-likeness (QED) is 0.360. The van der Waals surface area contributed by atoms with Gasteiger partial charge in [0, 0.05) is 10.6 Å². The SMILES string of the molecule is O=P([O-])(Oc1ccccc1)c1ccccc1.O=P([O-])(Oc1ccccc1)c1ccccc1.[Cr+2]. The first-order chi connectivity index (χ1) is 15.4. The molecule has 0 spiro atoms. The Hall–Kier alpha value is -2.61. The van der Waals surface area contributed by atoms with Crippen LogP contribution < -0.4 is 29.4 Å². The van der Waals surface area contributed by atoms with Crippen LogP contribution in [0, 0.1) is 0 Å². The Morgan fingerprint density at radius 1 is 0.455 bits per heavy atom. The van der Waals surface area contributed by atoms with Crippen molar-refractivity contribution >= 4 is 25.8 Å². The van der Waals surface area contributed by atoms with Crippen molar-refractivity contribution < 1.29 is 45.3 Å². The van der Waals surface area contributed by atoms with E-state index in [4.69, 9.17) is 9.05 Å². The van der Waals surface area contributed by atoms with Gasteiger partial charge in [-0.1, -0.05) is 72.8 Å². The van der Waals surface area contributed by atoms with Crippen molar-refractivity contribution in [3.8, 4) is 11.5 Å². The summed E-state index contributed by atoms with van der Waals surface area (Å²) in [6.45, 7) is 0. The Morgan fingerprint density at radius 2 is 0.697 bits per heavy atom. The van der Waals surface area contributed by atoms with Crippen LogP contribution in [-0.2, 0) is 26.5 Å². The molecule has 0 N–H and O–H groups in total. The van der Waals surface area contributed by atoms with Crippen molar-refractivity contribution in [2.45, 2.75) is 0 Å². The summed E-state index contributed by atoms with van der Waals surface area (Å²) in [4.78, 5) is 23.6. The molecule has 4 rings (SSSR count). The van der Waals surface area contributed by atoms with E-state index in [1.54, 1.807) is 97.1 Å². The van der Waals surface area contributed by atoms with Crippen LogP contribution in [0.4, 0.5) is 0 Å². The minimum Gasteiger partial charge on any atom is -0.765 e. The van der Waals surface area contributed by atoms with Gasteiger partial charge < -0.3 is 18.8 Å². The minimum atomic E-state index is -4.02. The molecule has 0 aliphatic heterocycles. The van der Waals surface area contributed by atoms with Gasteiger partial charge >= 0.3 is 17.4 Å². The Bertz CT molecular complexity index is 1100. The van der Waals surface area contributed by atoms with Gasteiger partial charge in [0.2, 0.25) is 15.2 Å². The molecule has 2 unspecified atom stereocenters. The van der Waals surface area contributed by atoms with Crippen LogP contribution in [0.2, 0.25) is 0 Å². The van der Waals surface area contributed by atoms with Crippen LogP contribution in [0.25, 0.3) is 0 Å². The summed E-state index contributed by atoms with van der Waals surface area (Å²) < 4.78 is 33.6. The van der Waals surface area contributed by atoms with Gasteiger partial charge in [-0.2, -0.15) is 0 Å². The van der Waals surface area contributed by atoms with E-state index in [-0.39, 0.29) is 28.0 Å². The standard InChI is InChI=1S/2C12H11O3P.Cr/c2*13-16(14,12-9-5-2-6-10-12)15-11-7-3-1-4-8-11;/h2*1-10H,(H,13,14);/q;;+2/p-2. The summed E-state index contributed by atoms with van der Waals surface area (Å²) in [5.74, 6) is 0.648. The zero-order valence-electron chi connectivity index (χ0n) is 17.3. The van der Waals surface area contributed by atoms with Crippen LogP contribution >= 0.6 is 15.2 Å². The summed E-state index contributed by atoms with van der Waals surface area (Å²) in [6.07, 6.45) is 0. The molecule has 0 aliphatic rings. The Balaban J connectivity index is 0.000000227. The molecule has 4 aromatic rings. The monoisotopic (exact) mass is 518 g/mol. The molecular formula is C24H20CrO6P2. The number of rotatable bonds is 6. The molecule has 0 bridgehead atoms. The average molecular weight is 518 g/mol. The molecule has 0 heterocycles. The first kappa shape index (κ1) is 26.6. The molecule has 6 nitrogen and oxygen atoms in total. The second kappa shape index (κ2) is 12.6. The largest absolute Gasteiger partial charge is 2.00 e. The van der Waals surface area contributed by atoms with Gasteiger partial charge in [0.25, 0.3) is 0 Å². The van der Waals surface area contributed by atoms with Gasteiger partial charge in [0.15, 0.2) is 0 Å². The fourth-order valence-corrected chi connectivity index (χ4v) is 4.65. The predicted molar refractivity (Wildman–Crippen MR) is 122 cm³/mol. The van der Waals surface area contributed by atoms with E-state index in [9.17, 15) is 18.9 Å². The third kappa shape index (κ3) is 8.35. The Morgan fingerprint density at radius 3 is 0.970 bits per heavy atom. The third-order valence-corrected chi connectivity index (χ3v) is 6.85. The molecular weight excluding hydrogens is 498 g/mol. The van der Waals surface area contributed by atoms with Crippen LogP contribution in [0.5, 0.6) is 11.5 Å². The van der Waals surface area contributed by atoms with E-state index < -0.39 is 15.2 Å². The number of hydrogen-bond donors (Lipinski definition) is 0. The van der Waals surface area contributed by atoms with Crippen molar-refractivity contribution in [3.63, 3.8) is 0 Å². The normalized spacial score (nSPS) is 13.6. The Kier molecular flexibility index (Phi) is 10.2. The summed E-state index contributed by atoms with van der Waals surface area (Å²) in [6, 6.07) is 33.1. The first-order valence-electron chi connectivity index (χ1n) is 9.59. The molecule has 168 valence electrons.